The number of imide groups is 1. The van der Waals surface area contributed by atoms with Gasteiger partial charge in [0.1, 0.15) is 11.8 Å². The first-order chi connectivity index (χ1) is 19.2. The standard InChI is InChI=1S/C30H24BrN3O4S2/c1-16-3-11-20(12-4-16)32-22(35)15-33-29-26(40-30(33)38)23(18-7-9-19(31)10-8-18)24-25(39-29)28(37)34(27(24)36)21-13-5-17(2)6-14-21/h3-14,23-25H,15H2,1-2H3,(H,32,35)/t23-,24-,25+/m0/s1. The van der Waals surface area contributed by atoms with Crippen LogP contribution in [0.25, 0.3) is 0 Å². The van der Waals surface area contributed by atoms with Crippen LogP contribution in [-0.2, 0) is 20.9 Å². The molecule has 0 aliphatic carbocycles. The van der Waals surface area contributed by atoms with Crippen molar-refractivity contribution in [1.82, 2.24) is 4.57 Å². The molecule has 3 atom stereocenters. The quantitative estimate of drug-likeness (QED) is 0.284. The van der Waals surface area contributed by atoms with Crippen LogP contribution < -0.4 is 15.1 Å². The van der Waals surface area contributed by atoms with E-state index in [1.807, 2.05) is 74.5 Å². The highest BCUT2D eigenvalue weighted by atomic mass is 79.9. The van der Waals surface area contributed by atoms with Gasteiger partial charge in [-0.3, -0.25) is 23.7 Å². The third-order valence-corrected chi connectivity index (χ3v) is 10.3. The molecule has 40 heavy (non-hydrogen) atoms. The summed E-state index contributed by atoms with van der Waals surface area (Å²) in [6, 6.07) is 22.3. The molecule has 1 fully saturated rings. The van der Waals surface area contributed by atoms with Gasteiger partial charge in [0, 0.05) is 21.0 Å². The van der Waals surface area contributed by atoms with Gasteiger partial charge in [-0.05, 0) is 55.8 Å². The Kier molecular flexibility index (Phi) is 7.02. The predicted octanol–water partition coefficient (Wildman–Crippen LogP) is 5.72. The Bertz CT molecular complexity index is 1690. The maximum Gasteiger partial charge on any atom is 0.308 e. The summed E-state index contributed by atoms with van der Waals surface area (Å²) >= 11 is 5.72. The summed E-state index contributed by atoms with van der Waals surface area (Å²) in [7, 11) is 0. The number of thiazole rings is 1. The molecule has 3 heterocycles. The van der Waals surface area contributed by atoms with E-state index in [4.69, 9.17) is 0 Å². The van der Waals surface area contributed by atoms with Gasteiger partial charge in [-0.1, -0.05) is 86.6 Å². The second-order valence-corrected chi connectivity index (χ2v) is 13.0. The van der Waals surface area contributed by atoms with Crippen LogP contribution in [0, 0.1) is 19.8 Å². The van der Waals surface area contributed by atoms with Gasteiger partial charge in [0.25, 0.3) is 0 Å². The molecular weight excluding hydrogens is 610 g/mol. The molecule has 4 aromatic rings. The van der Waals surface area contributed by atoms with Crippen molar-refractivity contribution in [3.05, 3.63) is 109 Å². The zero-order valence-electron chi connectivity index (χ0n) is 21.6. The second kappa shape index (κ2) is 10.5. The summed E-state index contributed by atoms with van der Waals surface area (Å²) in [5.74, 6) is -2.12. The van der Waals surface area contributed by atoms with Crippen LogP contribution in [0.15, 0.2) is 87.1 Å². The number of fused-ring (bicyclic) bond motifs is 2. The van der Waals surface area contributed by atoms with Gasteiger partial charge in [-0.2, -0.15) is 0 Å². The van der Waals surface area contributed by atoms with Crippen molar-refractivity contribution >= 4 is 68.1 Å². The van der Waals surface area contributed by atoms with Crippen molar-refractivity contribution in [2.45, 2.75) is 36.6 Å². The lowest BCUT2D eigenvalue weighted by Gasteiger charge is -2.30. The molecule has 2 aliphatic heterocycles. The van der Waals surface area contributed by atoms with E-state index in [2.05, 4.69) is 21.2 Å². The minimum atomic E-state index is -0.727. The first-order valence-electron chi connectivity index (χ1n) is 12.7. The number of carbonyl (C=O) groups excluding carboxylic acids is 3. The average Bonchev–Trinajstić information content (AvgIpc) is 3.37. The molecule has 1 N–H and O–H groups in total. The Balaban J connectivity index is 1.40. The molecule has 1 aromatic heterocycles. The maximum absolute atomic E-state index is 13.9. The summed E-state index contributed by atoms with van der Waals surface area (Å²) < 4.78 is 2.31. The zero-order chi connectivity index (χ0) is 28.1. The number of hydrogen-bond acceptors (Lipinski definition) is 6. The fraction of sp³-hybridized carbons (Fsp3) is 0.200. The van der Waals surface area contributed by atoms with Crippen LogP contribution in [-0.4, -0.2) is 27.5 Å². The molecule has 7 nitrogen and oxygen atoms in total. The first kappa shape index (κ1) is 26.7. The highest BCUT2D eigenvalue weighted by Crippen LogP contribution is 2.53. The fourth-order valence-corrected chi connectivity index (χ4v) is 8.25. The lowest BCUT2D eigenvalue weighted by molar-refractivity contribution is -0.122. The van der Waals surface area contributed by atoms with Crippen LogP contribution in [0.3, 0.4) is 0 Å². The van der Waals surface area contributed by atoms with Gasteiger partial charge in [0.15, 0.2) is 0 Å². The van der Waals surface area contributed by atoms with E-state index >= 15 is 0 Å². The van der Waals surface area contributed by atoms with Crippen LogP contribution in [0.1, 0.15) is 27.5 Å². The minimum Gasteiger partial charge on any atom is -0.325 e. The van der Waals surface area contributed by atoms with Crippen LogP contribution in [0.4, 0.5) is 11.4 Å². The van der Waals surface area contributed by atoms with Crippen LogP contribution >= 0.6 is 39.0 Å². The Morgan fingerprint density at radius 2 is 1.50 bits per heavy atom. The molecule has 1 saturated heterocycles. The number of nitrogens with one attached hydrogen (secondary N) is 1. The number of halogens is 1. The van der Waals surface area contributed by atoms with E-state index in [-0.39, 0.29) is 29.1 Å². The van der Waals surface area contributed by atoms with Gasteiger partial charge < -0.3 is 5.32 Å². The van der Waals surface area contributed by atoms with Gasteiger partial charge >= 0.3 is 4.87 Å². The number of aromatic nitrogens is 1. The number of nitrogens with zero attached hydrogens (tertiary/aromatic N) is 2. The molecule has 0 radical (unpaired) electrons. The largest absolute Gasteiger partial charge is 0.325 e. The molecule has 0 saturated carbocycles. The number of thioether (sulfide) groups is 1. The van der Waals surface area contributed by atoms with Crippen molar-refractivity contribution < 1.29 is 14.4 Å². The van der Waals surface area contributed by atoms with Crippen molar-refractivity contribution in [3.8, 4) is 0 Å². The number of benzene rings is 3. The highest BCUT2D eigenvalue weighted by molar-refractivity contribution is 9.10. The second-order valence-electron chi connectivity index (χ2n) is 9.98. The van der Waals surface area contributed by atoms with Crippen LogP contribution in [0.5, 0.6) is 0 Å². The number of carbonyl (C=O) groups is 3. The van der Waals surface area contributed by atoms with E-state index in [1.54, 1.807) is 12.1 Å². The molecule has 0 spiro atoms. The Hall–Kier alpha value is -3.47. The highest BCUT2D eigenvalue weighted by Gasteiger charge is 2.56. The number of hydrogen-bond donors (Lipinski definition) is 1. The molecule has 2 aliphatic rings. The minimum absolute atomic E-state index is 0.195. The molecule has 202 valence electrons. The van der Waals surface area contributed by atoms with Crippen molar-refractivity contribution in [2.75, 3.05) is 10.2 Å². The molecule has 6 rings (SSSR count). The number of amides is 3. The molecule has 3 aromatic carbocycles. The lowest BCUT2D eigenvalue weighted by Crippen LogP contribution is -2.33. The summed E-state index contributed by atoms with van der Waals surface area (Å²) in [5, 5.41) is 2.69. The smallest absolute Gasteiger partial charge is 0.308 e. The number of aryl methyl sites for hydroxylation is 2. The average molecular weight is 635 g/mol. The van der Waals surface area contributed by atoms with E-state index in [0.29, 0.717) is 21.3 Å². The Labute approximate surface area is 247 Å². The van der Waals surface area contributed by atoms with Crippen LogP contribution in [0.2, 0.25) is 0 Å². The summed E-state index contributed by atoms with van der Waals surface area (Å²) in [4.78, 5) is 55.7. The summed E-state index contributed by atoms with van der Waals surface area (Å²) in [6.45, 7) is 3.72. The first-order valence-corrected chi connectivity index (χ1v) is 15.2. The topological polar surface area (TPSA) is 88.5 Å². The van der Waals surface area contributed by atoms with E-state index in [1.165, 1.54) is 21.2 Å². The predicted molar refractivity (Wildman–Crippen MR) is 161 cm³/mol. The molecule has 0 unspecified atom stereocenters. The normalized spacial score (nSPS) is 19.9. The van der Waals surface area contributed by atoms with E-state index in [9.17, 15) is 19.2 Å². The Morgan fingerprint density at radius 3 is 2.15 bits per heavy atom. The number of anilines is 2. The Morgan fingerprint density at radius 1 is 0.875 bits per heavy atom. The molecule has 3 amide bonds. The molecular formula is C30H24BrN3O4S2. The third kappa shape index (κ3) is 4.74. The van der Waals surface area contributed by atoms with Gasteiger partial charge in [-0.25, -0.2) is 4.90 Å². The summed E-state index contributed by atoms with van der Waals surface area (Å²) in [6.07, 6.45) is 0. The van der Waals surface area contributed by atoms with Crippen molar-refractivity contribution in [1.29, 1.82) is 0 Å². The monoisotopic (exact) mass is 633 g/mol. The molecule has 10 heteroatoms. The van der Waals surface area contributed by atoms with Crippen molar-refractivity contribution in [2.24, 2.45) is 5.92 Å². The van der Waals surface area contributed by atoms with Gasteiger partial charge in [0.05, 0.1) is 16.6 Å². The maximum atomic E-state index is 13.9. The van der Waals surface area contributed by atoms with E-state index < -0.39 is 17.1 Å². The van der Waals surface area contributed by atoms with Crippen molar-refractivity contribution in [3.63, 3.8) is 0 Å². The molecule has 0 bridgehead atoms. The lowest BCUT2D eigenvalue weighted by atomic mass is 9.83. The SMILES string of the molecule is Cc1ccc(NC(=O)Cn2c3c(sc2=O)[C@@H](c2ccc(Br)cc2)[C@@H]2C(=O)N(c4ccc(C)cc4)C(=O)[C@@H]2S3)cc1. The van der Waals surface area contributed by atoms with Gasteiger partial charge in [0.2, 0.25) is 17.7 Å². The van der Waals surface area contributed by atoms with Gasteiger partial charge in [-0.15, -0.1) is 0 Å². The zero-order valence-corrected chi connectivity index (χ0v) is 24.8. The fourth-order valence-electron chi connectivity index (χ4n) is 5.21. The number of rotatable bonds is 5. The van der Waals surface area contributed by atoms with E-state index in [0.717, 1.165) is 32.5 Å². The third-order valence-electron chi connectivity index (χ3n) is 7.21. The summed E-state index contributed by atoms with van der Waals surface area (Å²) in [5.41, 5.74) is 4.10.